The number of rotatable bonds is 7. The molecule has 1 aromatic carbocycles. The Morgan fingerprint density at radius 1 is 0.938 bits per heavy atom. The summed E-state index contributed by atoms with van der Waals surface area (Å²) in [6.07, 6.45) is 7.86. The van der Waals surface area contributed by atoms with Gasteiger partial charge in [0.15, 0.2) is 0 Å². The number of unbranched alkanes of at least 4 members (excludes halogenated alkanes) is 5. The molecule has 0 saturated heterocycles. The third kappa shape index (κ3) is 4.73. The molecule has 0 aliphatic rings. The van der Waals surface area contributed by atoms with E-state index in [0.717, 1.165) is 25.3 Å². The largest absolute Gasteiger partial charge is 0.207 e. The van der Waals surface area contributed by atoms with Crippen LogP contribution in [0.2, 0.25) is 0 Å². The molecule has 0 heterocycles. The molecule has 0 saturated carbocycles. The maximum absolute atomic E-state index is 13.2. The molecule has 0 bridgehead atoms. The summed E-state index contributed by atoms with van der Waals surface area (Å²) in [4.78, 5) is 0. The normalized spacial score (nSPS) is 10.7. The second-order valence-electron chi connectivity index (χ2n) is 4.25. The van der Waals surface area contributed by atoms with Crippen LogP contribution in [0.5, 0.6) is 0 Å². The summed E-state index contributed by atoms with van der Waals surface area (Å²) in [5.74, 6) is -0.905. The molecule has 0 nitrogen and oxygen atoms in total. The van der Waals surface area contributed by atoms with Crippen molar-refractivity contribution >= 4 is 0 Å². The molecule has 1 aromatic rings. The minimum atomic E-state index is -0.496. The molecule has 0 amide bonds. The Labute approximate surface area is 96.7 Å². The van der Waals surface area contributed by atoms with Crippen LogP contribution >= 0.6 is 0 Å². The summed E-state index contributed by atoms with van der Waals surface area (Å²) in [5.41, 5.74) is 0.636. The van der Waals surface area contributed by atoms with Gasteiger partial charge in [0.25, 0.3) is 0 Å². The first-order valence-electron chi connectivity index (χ1n) is 6.18. The van der Waals surface area contributed by atoms with Gasteiger partial charge in [0.05, 0.1) is 0 Å². The lowest BCUT2D eigenvalue weighted by Crippen LogP contribution is -1.92. The molecule has 1 rings (SSSR count). The van der Waals surface area contributed by atoms with Gasteiger partial charge in [-0.3, -0.25) is 0 Å². The first kappa shape index (κ1) is 13.1. The quantitative estimate of drug-likeness (QED) is 0.582. The van der Waals surface area contributed by atoms with Gasteiger partial charge < -0.3 is 0 Å². The molecule has 90 valence electrons. The summed E-state index contributed by atoms with van der Waals surface area (Å²) >= 11 is 0. The van der Waals surface area contributed by atoms with Crippen LogP contribution in [0, 0.1) is 11.6 Å². The third-order valence-corrected chi connectivity index (χ3v) is 2.81. The highest BCUT2D eigenvalue weighted by molar-refractivity contribution is 5.18. The molecule has 0 unspecified atom stereocenters. The van der Waals surface area contributed by atoms with Gasteiger partial charge in [-0.2, -0.15) is 0 Å². The van der Waals surface area contributed by atoms with Crippen LogP contribution in [0.15, 0.2) is 18.2 Å². The molecule has 2 heteroatoms. The zero-order chi connectivity index (χ0) is 11.8. The Balaban J connectivity index is 2.21. The van der Waals surface area contributed by atoms with Crippen LogP contribution in [0.25, 0.3) is 0 Å². The minimum Gasteiger partial charge on any atom is -0.207 e. The van der Waals surface area contributed by atoms with E-state index in [1.54, 1.807) is 6.07 Å². The number of hydrogen-bond donors (Lipinski definition) is 0. The summed E-state index contributed by atoms with van der Waals surface area (Å²) in [5, 5.41) is 0. The highest BCUT2D eigenvalue weighted by atomic mass is 19.1. The van der Waals surface area contributed by atoms with Gasteiger partial charge in [0.1, 0.15) is 11.6 Å². The summed E-state index contributed by atoms with van der Waals surface area (Å²) < 4.78 is 25.9. The standard InChI is InChI=1S/C14H20F2/c1-2-3-4-5-6-7-8-12-9-10-13(15)11-14(12)16/h9-11H,2-8H2,1H3. The predicted octanol–water partition coefficient (Wildman–Crippen LogP) is 4.87. The number of aryl methyl sites for hydroxylation is 1. The number of hydrogen-bond acceptors (Lipinski definition) is 0. The van der Waals surface area contributed by atoms with Crippen molar-refractivity contribution in [3.05, 3.63) is 35.4 Å². The van der Waals surface area contributed by atoms with Crippen LogP contribution in [-0.2, 0) is 6.42 Å². The van der Waals surface area contributed by atoms with E-state index in [-0.39, 0.29) is 0 Å². The minimum absolute atomic E-state index is 0.409. The van der Waals surface area contributed by atoms with Gasteiger partial charge >= 0.3 is 0 Å². The molecule has 0 radical (unpaired) electrons. The van der Waals surface area contributed by atoms with Crippen molar-refractivity contribution in [2.24, 2.45) is 0 Å². The second kappa shape index (κ2) is 7.37. The molecule has 0 aliphatic heterocycles. The van der Waals surface area contributed by atoms with Crippen LogP contribution in [0.1, 0.15) is 51.0 Å². The smallest absolute Gasteiger partial charge is 0.129 e. The van der Waals surface area contributed by atoms with Crippen molar-refractivity contribution in [3.8, 4) is 0 Å². The molecular formula is C14H20F2. The summed E-state index contributed by atoms with van der Waals surface area (Å²) in [6.45, 7) is 2.19. The fourth-order valence-corrected chi connectivity index (χ4v) is 1.82. The highest BCUT2D eigenvalue weighted by Gasteiger charge is 2.02. The van der Waals surface area contributed by atoms with Crippen molar-refractivity contribution < 1.29 is 8.78 Å². The average Bonchev–Trinajstić information content (AvgIpc) is 2.26. The fourth-order valence-electron chi connectivity index (χ4n) is 1.82. The van der Waals surface area contributed by atoms with Crippen molar-refractivity contribution in [3.63, 3.8) is 0 Å². The van der Waals surface area contributed by atoms with Crippen molar-refractivity contribution in [1.29, 1.82) is 0 Å². The average molecular weight is 226 g/mol. The van der Waals surface area contributed by atoms with Gasteiger partial charge in [-0.1, -0.05) is 45.1 Å². The Hall–Kier alpha value is -0.920. The first-order chi connectivity index (χ1) is 7.74. The molecule has 0 N–H and O–H groups in total. The van der Waals surface area contributed by atoms with E-state index in [0.29, 0.717) is 5.56 Å². The Morgan fingerprint density at radius 2 is 1.62 bits per heavy atom. The van der Waals surface area contributed by atoms with Crippen molar-refractivity contribution in [2.75, 3.05) is 0 Å². The van der Waals surface area contributed by atoms with Crippen LogP contribution < -0.4 is 0 Å². The maximum atomic E-state index is 13.2. The molecule has 0 aromatic heterocycles. The Bertz CT molecular complexity index is 308. The van der Waals surface area contributed by atoms with Gasteiger partial charge in [0.2, 0.25) is 0 Å². The van der Waals surface area contributed by atoms with E-state index in [1.807, 2.05) is 0 Å². The van der Waals surface area contributed by atoms with Crippen LogP contribution in [0.3, 0.4) is 0 Å². The SMILES string of the molecule is CCCCCCCCc1ccc(F)cc1F. The van der Waals surface area contributed by atoms with E-state index in [9.17, 15) is 8.78 Å². The lowest BCUT2D eigenvalue weighted by molar-refractivity contribution is 0.560. The Kier molecular flexibility index (Phi) is 6.05. The molecule has 0 aliphatic carbocycles. The van der Waals surface area contributed by atoms with E-state index in [4.69, 9.17) is 0 Å². The monoisotopic (exact) mass is 226 g/mol. The predicted molar refractivity (Wildman–Crippen MR) is 63.4 cm³/mol. The van der Waals surface area contributed by atoms with Crippen LogP contribution in [-0.4, -0.2) is 0 Å². The van der Waals surface area contributed by atoms with Gasteiger partial charge in [-0.25, -0.2) is 8.78 Å². The fraction of sp³-hybridized carbons (Fsp3) is 0.571. The van der Waals surface area contributed by atoms with E-state index in [1.165, 1.54) is 31.7 Å². The maximum Gasteiger partial charge on any atom is 0.129 e. The Morgan fingerprint density at radius 3 is 2.31 bits per heavy atom. The van der Waals surface area contributed by atoms with E-state index < -0.39 is 11.6 Å². The molecule has 0 fully saturated rings. The van der Waals surface area contributed by atoms with E-state index in [2.05, 4.69) is 6.92 Å². The molecule has 0 atom stereocenters. The lowest BCUT2D eigenvalue weighted by Gasteiger charge is -2.03. The van der Waals surface area contributed by atoms with Crippen LogP contribution in [0.4, 0.5) is 8.78 Å². The first-order valence-corrected chi connectivity index (χ1v) is 6.18. The zero-order valence-electron chi connectivity index (χ0n) is 9.94. The molecule has 0 spiro atoms. The third-order valence-electron chi connectivity index (χ3n) is 2.81. The molecule has 16 heavy (non-hydrogen) atoms. The van der Waals surface area contributed by atoms with Gasteiger partial charge in [-0.05, 0) is 24.5 Å². The molecular weight excluding hydrogens is 206 g/mol. The highest BCUT2D eigenvalue weighted by Crippen LogP contribution is 2.14. The topological polar surface area (TPSA) is 0 Å². The summed E-state index contributed by atoms with van der Waals surface area (Å²) in [7, 11) is 0. The van der Waals surface area contributed by atoms with Gasteiger partial charge in [0, 0.05) is 6.07 Å². The van der Waals surface area contributed by atoms with Crippen molar-refractivity contribution in [2.45, 2.75) is 51.9 Å². The second-order valence-corrected chi connectivity index (χ2v) is 4.25. The summed E-state index contributed by atoms with van der Waals surface area (Å²) in [6, 6.07) is 3.85. The lowest BCUT2D eigenvalue weighted by atomic mass is 10.0. The van der Waals surface area contributed by atoms with Gasteiger partial charge in [-0.15, -0.1) is 0 Å². The zero-order valence-corrected chi connectivity index (χ0v) is 9.94. The number of halogens is 2. The van der Waals surface area contributed by atoms with Crippen molar-refractivity contribution in [1.82, 2.24) is 0 Å². The van der Waals surface area contributed by atoms with E-state index >= 15 is 0 Å². The number of benzene rings is 1.